The van der Waals surface area contributed by atoms with E-state index < -0.39 is 0 Å². The fourth-order valence-electron chi connectivity index (χ4n) is 1.74. The van der Waals surface area contributed by atoms with E-state index in [1.807, 2.05) is 0 Å². The molecule has 1 unspecified atom stereocenters. The van der Waals surface area contributed by atoms with E-state index in [4.69, 9.17) is 0 Å². The molecule has 0 radical (unpaired) electrons. The lowest BCUT2D eigenvalue weighted by molar-refractivity contribution is 0.260. The van der Waals surface area contributed by atoms with Gasteiger partial charge in [-0.05, 0) is 37.3 Å². The molecule has 0 aromatic rings. The van der Waals surface area contributed by atoms with Crippen molar-refractivity contribution in [3.05, 3.63) is 0 Å². The van der Waals surface area contributed by atoms with Gasteiger partial charge in [0.1, 0.15) is 0 Å². The number of hydrogen-bond donors (Lipinski definition) is 0. The van der Waals surface area contributed by atoms with Gasteiger partial charge in [0, 0.05) is 11.9 Å². The van der Waals surface area contributed by atoms with Gasteiger partial charge in [-0.1, -0.05) is 36.7 Å². The zero-order valence-electron chi connectivity index (χ0n) is 9.15. The second-order valence-corrected chi connectivity index (χ2v) is 6.07. The van der Waals surface area contributed by atoms with Gasteiger partial charge in [-0.2, -0.15) is 0 Å². The third-order valence-electron chi connectivity index (χ3n) is 2.77. The highest BCUT2D eigenvalue weighted by Gasteiger charge is 2.22. The van der Waals surface area contributed by atoms with Crippen LogP contribution in [0.2, 0.25) is 0 Å². The molecule has 1 aliphatic heterocycles. The van der Waals surface area contributed by atoms with Crippen molar-refractivity contribution in [2.75, 3.05) is 25.0 Å². The minimum atomic E-state index is 0.493. The van der Waals surface area contributed by atoms with Gasteiger partial charge in [0.05, 0.1) is 0 Å². The maximum atomic E-state index is 3.57. The molecule has 0 aromatic heterocycles. The number of hydrogen-bond acceptors (Lipinski definition) is 1. The summed E-state index contributed by atoms with van der Waals surface area (Å²) in [6.45, 7) is 10.9. The summed E-state index contributed by atoms with van der Waals surface area (Å²) < 4.78 is 0. The van der Waals surface area contributed by atoms with Gasteiger partial charge in [0.15, 0.2) is 0 Å². The molecule has 1 heterocycles. The number of likely N-dealkylation sites (tertiary alicyclic amines) is 1. The van der Waals surface area contributed by atoms with E-state index in [1.165, 1.54) is 37.8 Å². The normalized spacial score (nSPS) is 25.4. The number of alkyl halides is 1. The lowest BCUT2D eigenvalue weighted by atomic mass is 9.92. The molecule has 1 nitrogen and oxygen atoms in total. The molecule has 78 valence electrons. The van der Waals surface area contributed by atoms with Crippen molar-refractivity contribution >= 4 is 15.9 Å². The second kappa shape index (κ2) is 4.79. The van der Waals surface area contributed by atoms with Crippen LogP contribution in [0.25, 0.3) is 0 Å². The van der Waals surface area contributed by atoms with Gasteiger partial charge in [0.25, 0.3) is 0 Å². The Morgan fingerprint density at radius 1 is 1.38 bits per heavy atom. The SMILES string of the molecule is CC(C)(C)CCN1CCC(CBr)C1. The standard InChI is InChI=1S/C11H22BrN/c1-11(2,3)5-7-13-6-4-10(8-12)9-13/h10H,4-9H2,1-3H3. The van der Waals surface area contributed by atoms with Crippen molar-refractivity contribution in [2.45, 2.75) is 33.6 Å². The summed E-state index contributed by atoms with van der Waals surface area (Å²) in [5.41, 5.74) is 0.493. The minimum absolute atomic E-state index is 0.493. The first kappa shape index (κ1) is 11.5. The molecule has 13 heavy (non-hydrogen) atoms. The predicted octanol–water partition coefficient (Wildman–Crippen LogP) is 3.14. The van der Waals surface area contributed by atoms with E-state index in [2.05, 4.69) is 41.6 Å². The first-order chi connectivity index (χ1) is 6.01. The quantitative estimate of drug-likeness (QED) is 0.693. The number of rotatable bonds is 3. The fraction of sp³-hybridized carbons (Fsp3) is 1.00. The molecule has 0 amide bonds. The van der Waals surface area contributed by atoms with Crippen molar-refractivity contribution in [3.8, 4) is 0 Å². The Labute approximate surface area is 91.0 Å². The molecular weight excluding hydrogens is 226 g/mol. The average Bonchev–Trinajstić information content (AvgIpc) is 2.47. The molecule has 1 saturated heterocycles. The highest BCUT2D eigenvalue weighted by molar-refractivity contribution is 9.09. The second-order valence-electron chi connectivity index (χ2n) is 5.42. The topological polar surface area (TPSA) is 3.24 Å². The van der Waals surface area contributed by atoms with Gasteiger partial charge >= 0.3 is 0 Å². The van der Waals surface area contributed by atoms with Gasteiger partial charge < -0.3 is 4.90 Å². The van der Waals surface area contributed by atoms with Gasteiger partial charge in [-0.25, -0.2) is 0 Å². The summed E-state index contributed by atoms with van der Waals surface area (Å²) in [7, 11) is 0. The van der Waals surface area contributed by atoms with Crippen LogP contribution in [0.15, 0.2) is 0 Å². The van der Waals surface area contributed by atoms with Crippen LogP contribution in [0.5, 0.6) is 0 Å². The Hall–Kier alpha value is 0.440. The Bertz CT molecular complexity index is 151. The highest BCUT2D eigenvalue weighted by Crippen LogP contribution is 2.23. The zero-order valence-corrected chi connectivity index (χ0v) is 10.7. The van der Waals surface area contributed by atoms with Crippen molar-refractivity contribution in [2.24, 2.45) is 11.3 Å². The summed E-state index contributed by atoms with van der Waals surface area (Å²) in [6, 6.07) is 0. The molecule has 0 spiro atoms. The van der Waals surface area contributed by atoms with Crippen molar-refractivity contribution < 1.29 is 0 Å². The summed E-state index contributed by atoms with van der Waals surface area (Å²) >= 11 is 3.57. The van der Waals surface area contributed by atoms with Gasteiger partial charge in [-0.15, -0.1) is 0 Å². The molecule has 1 atom stereocenters. The molecule has 0 aliphatic carbocycles. The maximum absolute atomic E-state index is 3.57. The van der Waals surface area contributed by atoms with E-state index in [1.54, 1.807) is 0 Å². The third-order valence-corrected chi connectivity index (χ3v) is 3.68. The first-order valence-corrected chi connectivity index (χ1v) is 6.42. The average molecular weight is 248 g/mol. The Kier molecular flexibility index (Phi) is 4.24. The van der Waals surface area contributed by atoms with E-state index in [9.17, 15) is 0 Å². The molecule has 2 heteroatoms. The number of halogens is 1. The maximum Gasteiger partial charge on any atom is 0.00723 e. The molecule has 0 N–H and O–H groups in total. The molecular formula is C11H22BrN. The molecule has 0 bridgehead atoms. The van der Waals surface area contributed by atoms with E-state index in [-0.39, 0.29) is 0 Å². The largest absolute Gasteiger partial charge is 0.303 e. The van der Waals surface area contributed by atoms with Gasteiger partial charge in [0.2, 0.25) is 0 Å². The molecule has 1 aliphatic rings. The van der Waals surface area contributed by atoms with Crippen LogP contribution in [-0.2, 0) is 0 Å². The summed E-state index contributed by atoms with van der Waals surface area (Å²) in [6.07, 6.45) is 2.71. The number of nitrogens with zero attached hydrogens (tertiary/aromatic N) is 1. The molecule has 0 saturated carbocycles. The Balaban J connectivity index is 2.17. The van der Waals surface area contributed by atoms with E-state index in [0.29, 0.717) is 5.41 Å². The minimum Gasteiger partial charge on any atom is -0.303 e. The van der Waals surface area contributed by atoms with Crippen LogP contribution in [0.1, 0.15) is 33.6 Å². The zero-order chi connectivity index (χ0) is 9.90. The molecule has 1 rings (SSSR count). The van der Waals surface area contributed by atoms with Crippen LogP contribution < -0.4 is 0 Å². The van der Waals surface area contributed by atoms with Crippen LogP contribution in [0.4, 0.5) is 0 Å². The summed E-state index contributed by atoms with van der Waals surface area (Å²) in [5.74, 6) is 0.903. The smallest absolute Gasteiger partial charge is 0.00723 e. The Morgan fingerprint density at radius 2 is 2.08 bits per heavy atom. The van der Waals surface area contributed by atoms with Crippen LogP contribution >= 0.6 is 15.9 Å². The van der Waals surface area contributed by atoms with Crippen LogP contribution in [0, 0.1) is 11.3 Å². The first-order valence-electron chi connectivity index (χ1n) is 5.29. The highest BCUT2D eigenvalue weighted by atomic mass is 79.9. The van der Waals surface area contributed by atoms with Crippen molar-refractivity contribution in [3.63, 3.8) is 0 Å². The van der Waals surface area contributed by atoms with Crippen molar-refractivity contribution in [1.82, 2.24) is 4.90 Å². The summed E-state index contributed by atoms with van der Waals surface area (Å²) in [5, 5.41) is 1.18. The van der Waals surface area contributed by atoms with Gasteiger partial charge in [-0.3, -0.25) is 0 Å². The Morgan fingerprint density at radius 3 is 2.54 bits per heavy atom. The van der Waals surface area contributed by atoms with E-state index in [0.717, 1.165) is 5.92 Å². The molecule has 1 fully saturated rings. The lowest BCUT2D eigenvalue weighted by Crippen LogP contribution is -2.25. The summed E-state index contributed by atoms with van der Waals surface area (Å²) in [4.78, 5) is 2.61. The van der Waals surface area contributed by atoms with Crippen molar-refractivity contribution in [1.29, 1.82) is 0 Å². The third kappa shape index (κ3) is 4.46. The van der Waals surface area contributed by atoms with E-state index >= 15 is 0 Å². The predicted molar refractivity (Wildman–Crippen MR) is 62.4 cm³/mol. The monoisotopic (exact) mass is 247 g/mol. The molecule has 0 aromatic carbocycles. The lowest BCUT2D eigenvalue weighted by Gasteiger charge is -2.23. The fourth-order valence-corrected chi connectivity index (χ4v) is 2.26. The van der Waals surface area contributed by atoms with Crippen LogP contribution in [0.3, 0.4) is 0 Å². The van der Waals surface area contributed by atoms with Crippen LogP contribution in [-0.4, -0.2) is 29.9 Å².